The number of nitrogens with two attached hydrogens (primary N) is 1. The van der Waals surface area contributed by atoms with E-state index < -0.39 is 0 Å². The van der Waals surface area contributed by atoms with Crippen LogP contribution >= 0.6 is 39.9 Å². The standard InChI is InChI=1S/C15H20BrN3O2.HI/c1-10-9-19(3-5-20-10)15(17)18-8-12-7-13(16)6-11-2-4-21-14(11)12;/h6-7,10H,2-5,8-9H2,1H3,(H2,17,18);1H. The zero-order valence-electron chi connectivity index (χ0n) is 12.5. The number of halogens is 2. The Balaban J connectivity index is 0.00000176. The first-order valence-electron chi connectivity index (χ1n) is 7.24. The van der Waals surface area contributed by atoms with E-state index in [2.05, 4.69) is 44.9 Å². The molecule has 0 amide bonds. The van der Waals surface area contributed by atoms with Gasteiger partial charge in [-0.2, -0.15) is 0 Å². The van der Waals surface area contributed by atoms with Crippen LogP contribution in [0.2, 0.25) is 0 Å². The van der Waals surface area contributed by atoms with Gasteiger partial charge in [0.1, 0.15) is 5.75 Å². The van der Waals surface area contributed by atoms with Crippen LogP contribution in [0.15, 0.2) is 21.6 Å². The van der Waals surface area contributed by atoms with E-state index in [1.165, 1.54) is 5.56 Å². The summed E-state index contributed by atoms with van der Waals surface area (Å²) in [4.78, 5) is 6.61. The molecule has 7 heteroatoms. The lowest BCUT2D eigenvalue weighted by Gasteiger charge is -2.31. The quantitative estimate of drug-likeness (QED) is 0.400. The summed E-state index contributed by atoms with van der Waals surface area (Å²) in [6.45, 7) is 5.63. The fourth-order valence-corrected chi connectivity index (χ4v) is 3.31. The Hall–Kier alpha value is -0.540. The lowest BCUT2D eigenvalue weighted by atomic mass is 10.1. The minimum atomic E-state index is 0. The normalized spacial score (nSPS) is 21.1. The molecule has 0 aliphatic carbocycles. The van der Waals surface area contributed by atoms with Crippen LogP contribution in [-0.2, 0) is 17.7 Å². The van der Waals surface area contributed by atoms with Gasteiger partial charge in [-0.25, -0.2) is 4.99 Å². The van der Waals surface area contributed by atoms with Gasteiger partial charge >= 0.3 is 0 Å². The number of hydrogen-bond donors (Lipinski definition) is 1. The number of nitrogens with zero attached hydrogens (tertiary/aromatic N) is 2. The van der Waals surface area contributed by atoms with Crippen molar-refractivity contribution >= 4 is 45.9 Å². The van der Waals surface area contributed by atoms with E-state index in [-0.39, 0.29) is 30.1 Å². The Morgan fingerprint density at radius 1 is 1.45 bits per heavy atom. The summed E-state index contributed by atoms with van der Waals surface area (Å²) in [6, 6.07) is 4.17. The number of aliphatic imine (C=N–C) groups is 1. The van der Waals surface area contributed by atoms with Gasteiger partial charge in [0.15, 0.2) is 5.96 Å². The van der Waals surface area contributed by atoms with Crippen LogP contribution in [0.1, 0.15) is 18.1 Å². The molecule has 22 heavy (non-hydrogen) atoms. The van der Waals surface area contributed by atoms with Crippen molar-refractivity contribution in [2.75, 3.05) is 26.3 Å². The van der Waals surface area contributed by atoms with Crippen molar-refractivity contribution in [1.82, 2.24) is 4.90 Å². The number of rotatable bonds is 2. The molecule has 1 unspecified atom stereocenters. The van der Waals surface area contributed by atoms with Gasteiger partial charge in [0.05, 0.1) is 25.9 Å². The predicted octanol–water partition coefficient (Wildman–Crippen LogP) is 2.54. The number of benzene rings is 1. The summed E-state index contributed by atoms with van der Waals surface area (Å²) in [5, 5.41) is 0. The number of guanidine groups is 1. The predicted molar refractivity (Wildman–Crippen MR) is 101 cm³/mol. The van der Waals surface area contributed by atoms with E-state index in [9.17, 15) is 0 Å². The van der Waals surface area contributed by atoms with Gasteiger partial charge < -0.3 is 20.1 Å². The maximum absolute atomic E-state index is 6.11. The topological polar surface area (TPSA) is 60.1 Å². The Morgan fingerprint density at radius 2 is 2.27 bits per heavy atom. The molecule has 3 rings (SSSR count). The Bertz CT molecular complexity index is 568. The molecule has 0 aromatic heterocycles. The summed E-state index contributed by atoms with van der Waals surface area (Å²) in [5.41, 5.74) is 8.44. The van der Waals surface area contributed by atoms with Crippen molar-refractivity contribution in [2.45, 2.75) is 26.0 Å². The zero-order chi connectivity index (χ0) is 14.8. The highest BCUT2D eigenvalue weighted by atomic mass is 127. The first-order valence-corrected chi connectivity index (χ1v) is 8.03. The van der Waals surface area contributed by atoms with Gasteiger partial charge in [-0.3, -0.25) is 0 Å². The van der Waals surface area contributed by atoms with Crippen LogP contribution in [0.4, 0.5) is 0 Å². The first-order chi connectivity index (χ1) is 10.1. The molecule has 1 aromatic carbocycles. The van der Waals surface area contributed by atoms with Crippen molar-refractivity contribution < 1.29 is 9.47 Å². The fraction of sp³-hybridized carbons (Fsp3) is 0.533. The van der Waals surface area contributed by atoms with Crippen molar-refractivity contribution in [3.8, 4) is 5.75 Å². The van der Waals surface area contributed by atoms with E-state index in [1.807, 2.05) is 0 Å². The molecule has 0 spiro atoms. The number of fused-ring (bicyclic) bond motifs is 1. The molecule has 5 nitrogen and oxygen atoms in total. The second-order valence-electron chi connectivity index (χ2n) is 5.45. The molecule has 2 aliphatic rings. The third-order valence-electron chi connectivity index (χ3n) is 3.80. The van der Waals surface area contributed by atoms with Gasteiger partial charge in [0, 0.05) is 29.5 Å². The number of hydrogen-bond acceptors (Lipinski definition) is 3. The highest BCUT2D eigenvalue weighted by Gasteiger charge is 2.19. The Morgan fingerprint density at radius 3 is 3.05 bits per heavy atom. The maximum atomic E-state index is 6.11. The minimum absolute atomic E-state index is 0. The summed E-state index contributed by atoms with van der Waals surface area (Å²) in [6.07, 6.45) is 1.16. The second kappa shape index (κ2) is 7.83. The molecule has 0 radical (unpaired) electrons. The third-order valence-corrected chi connectivity index (χ3v) is 4.26. The minimum Gasteiger partial charge on any atom is -0.493 e. The van der Waals surface area contributed by atoms with Gasteiger partial charge in [0.2, 0.25) is 0 Å². The maximum Gasteiger partial charge on any atom is 0.191 e. The summed E-state index contributed by atoms with van der Waals surface area (Å²) < 4.78 is 12.3. The Kier molecular flexibility index (Phi) is 6.34. The largest absolute Gasteiger partial charge is 0.493 e. The Labute approximate surface area is 156 Å². The van der Waals surface area contributed by atoms with E-state index in [4.69, 9.17) is 15.2 Å². The van der Waals surface area contributed by atoms with E-state index in [0.717, 1.165) is 41.9 Å². The fourth-order valence-electron chi connectivity index (χ4n) is 2.76. The van der Waals surface area contributed by atoms with Gasteiger partial charge in [-0.05, 0) is 24.6 Å². The lowest BCUT2D eigenvalue weighted by molar-refractivity contribution is 0.00528. The average molecular weight is 482 g/mol. The molecule has 1 atom stereocenters. The molecule has 122 valence electrons. The van der Waals surface area contributed by atoms with Crippen LogP contribution in [-0.4, -0.2) is 43.3 Å². The summed E-state index contributed by atoms with van der Waals surface area (Å²) in [5.74, 6) is 1.56. The molecular weight excluding hydrogens is 461 g/mol. The van der Waals surface area contributed by atoms with E-state index >= 15 is 0 Å². The van der Waals surface area contributed by atoms with Crippen molar-refractivity contribution in [3.05, 3.63) is 27.7 Å². The first kappa shape index (κ1) is 17.8. The van der Waals surface area contributed by atoms with Crippen molar-refractivity contribution in [2.24, 2.45) is 10.7 Å². The van der Waals surface area contributed by atoms with Crippen molar-refractivity contribution in [1.29, 1.82) is 0 Å². The smallest absolute Gasteiger partial charge is 0.191 e. The molecular formula is C15H21BrIN3O2. The van der Waals surface area contributed by atoms with Crippen LogP contribution in [0.25, 0.3) is 0 Å². The monoisotopic (exact) mass is 481 g/mol. The SMILES string of the molecule is CC1CN(C(N)=NCc2cc(Br)cc3c2OCC3)CCO1.I. The van der Waals surface area contributed by atoms with Crippen molar-refractivity contribution in [3.63, 3.8) is 0 Å². The molecule has 0 bridgehead atoms. The second-order valence-corrected chi connectivity index (χ2v) is 6.37. The van der Waals surface area contributed by atoms with Crippen LogP contribution in [0, 0.1) is 0 Å². The molecule has 1 saturated heterocycles. The average Bonchev–Trinajstić information content (AvgIpc) is 2.92. The van der Waals surface area contributed by atoms with Gasteiger partial charge in [-0.1, -0.05) is 15.9 Å². The summed E-state index contributed by atoms with van der Waals surface area (Å²) >= 11 is 3.55. The van der Waals surface area contributed by atoms with E-state index in [1.54, 1.807) is 0 Å². The molecule has 2 heterocycles. The van der Waals surface area contributed by atoms with Crippen LogP contribution in [0.3, 0.4) is 0 Å². The molecule has 1 fully saturated rings. The zero-order valence-corrected chi connectivity index (χ0v) is 16.5. The lowest BCUT2D eigenvalue weighted by Crippen LogP contribution is -2.47. The van der Waals surface area contributed by atoms with E-state index in [0.29, 0.717) is 19.1 Å². The molecule has 2 N–H and O–H groups in total. The molecule has 1 aromatic rings. The van der Waals surface area contributed by atoms with Crippen LogP contribution in [0.5, 0.6) is 5.75 Å². The molecule has 0 saturated carbocycles. The highest BCUT2D eigenvalue weighted by Crippen LogP contribution is 2.33. The molecule has 2 aliphatic heterocycles. The number of morpholine rings is 1. The van der Waals surface area contributed by atoms with Gasteiger partial charge in [0.25, 0.3) is 0 Å². The summed E-state index contributed by atoms with van der Waals surface area (Å²) in [7, 11) is 0. The highest BCUT2D eigenvalue weighted by molar-refractivity contribution is 14.0. The van der Waals surface area contributed by atoms with Gasteiger partial charge in [-0.15, -0.1) is 24.0 Å². The number of ether oxygens (including phenoxy) is 2. The third kappa shape index (κ3) is 4.05. The van der Waals surface area contributed by atoms with Crippen LogP contribution < -0.4 is 10.5 Å².